The van der Waals surface area contributed by atoms with Gasteiger partial charge in [-0.05, 0) is 30.3 Å². The number of anilines is 2. The van der Waals surface area contributed by atoms with Crippen LogP contribution in [0.5, 0.6) is 0 Å². The maximum Gasteiger partial charge on any atom is 0.251 e. The molecule has 1 amide bonds. The molecule has 0 bridgehead atoms. The molecule has 6 heteroatoms. The molecule has 0 aliphatic carbocycles. The summed E-state index contributed by atoms with van der Waals surface area (Å²) in [6, 6.07) is 10.8. The minimum absolute atomic E-state index is 0.0860. The van der Waals surface area contributed by atoms with E-state index in [1.165, 1.54) is 0 Å². The highest BCUT2D eigenvalue weighted by Gasteiger charge is 2.30. The fraction of sp³-hybridized carbons (Fsp3) is 0.0714. The Kier molecular flexibility index (Phi) is 3.75. The molecule has 0 aromatic heterocycles. The third-order valence-electron chi connectivity index (χ3n) is 3.08. The van der Waals surface area contributed by atoms with Crippen molar-refractivity contribution in [2.24, 2.45) is 0 Å². The molecule has 0 saturated heterocycles. The lowest BCUT2D eigenvalue weighted by molar-refractivity contribution is -0.116. The number of benzene rings is 2. The van der Waals surface area contributed by atoms with Crippen molar-refractivity contribution in [1.29, 1.82) is 0 Å². The molecule has 0 spiro atoms. The number of nitrogens with one attached hydrogen (secondary N) is 2. The van der Waals surface area contributed by atoms with E-state index in [1.54, 1.807) is 6.07 Å². The van der Waals surface area contributed by atoms with Crippen LogP contribution >= 0.6 is 43.5 Å². The number of carbonyl (C=O) groups excluding carboxylic acids is 1. The molecule has 2 aromatic rings. The molecule has 0 radical (unpaired) electrons. The van der Waals surface area contributed by atoms with Crippen molar-refractivity contribution in [3.05, 3.63) is 55.9 Å². The lowest BCUT2D eigenvalue weighted by atomic mass is 10.1. The van der Waals surface area contributed by atoms with Crippen LogP contribution in [-0.2, 0) is 4.79 Å². The largest absolute Gasteiger partial charge is 0.369 e. The SMILES string of the molecule is O=C1Nc2cc(Br)ccc2C1Nc1ccc(Br)cc1Cl. The van der Waals surface area contributed by atoms with E-state index >= 15 is 0 Å². The van der Waals surface area contributed by atoms with Crippen LogP contribution < -0.4 is 10.6 Å². The highest BCUT2D eigenvalue weighted by molar-refractivity contribution is 9.10. The van der Waals surface area contributed by atoms with Crippen molar-refractivity contribution < 1.29 is 4.79 Å². The third kappa shape index (κ3) is 2.57. The first-order valence-corrected chi connectivity index (χ1v) is 7.83. The van der Waals surface area contributed by atoms with Crippen molar-refractivity contribution in [2.45, 2.75) is 6.04 Å². The van der Waals surface area contributed by atoms with Crippen molar-refractivity contribution >= 4 is 60.7 Å². The molecule has 102 valence electrons. The van der Waals surface area contributed by atoms with E-state index < -0.39 is 6.04 Å². The average Bonchev–Trinajstić information content (AvgIpc) is 2.68. The molecular formula is C14H9Br2ClN2O. The zero-order valence-corrected chi connectivity index (χ0v) is 14.0. The fourth-order valence-electron chi connectivity index (χ4n) is 2.14. The van der Waals surface area contributed by atoms with E-state index in [4.69, 9.17) is 11.6 Å². The summed E-state index contributed by atoms with van der Waals surface area (Å²) in [5.74, 6) is -0.0860. The molecule has 2 N–H and O–H groups in total. The zero-order valence-electron chi connectivity index (χ0n) is 10.1. The normalized spacial score (nSPS) is 16.8. The van der Waals surface area contributed by atoms with Crippen molar-refractivity contribution in [3.8, 4) is 0 Å². The van der Waals surface area contributed by atoms with Gasteiger partial charge >= 0.3 is 0 Å². The molecule has 1 unspecified atom stereocenters. The van der Waals surface area contributed by atoms with E-state index in [-0.39, 0.29) is 5.91 Å². The van der Waals surface area contributed by atoms with E-state index in [2.05, 4.69) is 42.5 Å². The van der Waals surface area contributed by atoms with Gasteiger partial charge in [0.1, 0.15) is 6.04 Å². The Bertz CT molecular complexity index is 706. The first-order valence-electron chi connectivity index (χ1n) is 5.86. The number of rotatable bonds is 2. The molecule has 0 fully saturated rings. The molecular weight excluding hydrogens is 407 g/mol. The minimum atomic E-state index is -0.434. The Morgan fingerprint density at radius 1 is 1.10 bits per heavy atom. The molecule has 1 heterocycles. The minimum Gasteiger partial charge on any atom is -0.369 e. The molecule has 1 aliphatic heterocycles. The van der Waals surface area contributed by atoms with E-state index in [0.717, 1.165) is 25.9 Å². The molecule has 20 heavy (non-hydrogen) atoms. The number of amides is 1. The standard InChI is InChI=1S/C14H9Br2ClN2O/c15-7-2-4-11(10(17)5-7)18-13-9-3-1-8(16)6-12(9)19-14(13)20/h1-6,13,18H,(H,19,20). The van der Waals surface area contributed by atoms with Crippen LogP contribution in [0.1, 0.15) is 11.6 Å². The first-order chi connectivity index (χ1) is 9.54. The Labute approximate surface area is 138 Å². The van der Waals surface area contributed by atoms with Crippen molar-refractivity contribution in [3.63, 3.8) is 0 Å². The Balaban J connectivity index is 1.94. The zero-order chi connectivity index (χ0) is 14.3. The second kappa shape index (κ2) is 5.39. The number of carbonyl (C=O) groups is 1. The number of hydrogen-bond acceptors (Lipinski definition) is 2. The quantitative estimate of drug-likeness (QED) is 0.726. The number of hydrogen-bond donors (Lipinski definition) is 2. The Hall–Kier alpha value is -1.04. The van der Waals surface area contributed by atoms with Gasteiger partial charge in [-0.2, -0.15) is 0 Å². The smallest absolute Gasteiger partial charge is 0.251 e. The van der Waals surface area contributed by atoms with Crippen LogP contribution in [0.15, 0.2) is 45.3 Å². The van der Waals surface area contributed by atoms with E-state index in [9.17, 15) is 4.79 Å². The highest BCUT2D eigenvalue weighted by atomic mass is 79.9. The second-order valence-corrected chi connectivity index (χ2v) is 6.66. The van der Waals surface area contributed by atoms with Gasteiger partial charge in [-0.1, -0.05) is 49.5 Å². The van der Waals surface area contributed by atoms with Crippen LogP contribution in [0, 0.1) is 0 Å². The summed E-state index contributed by atoms with van der Waals surface area (Å²) in [6.07, 6.45) is 0. The number of halogens is 3. The van der Waals surface area contributed by atoms with Gasteiger partial charge in [-0.25, -0.2) is 0 Å². The van der Waals surface area contributed by atoms with Gasteiger partial charge in [0.2, 0.25) is 0 Å². The van der Waals surface area contributed by atoms with E-state index in [1.807, 2.05) is 30.3 Å². The van der Waals surface area contributed by atoms with Gasteiger partial charge in [-0.3, -0.25) is 4.79 Å². The van der Waals surface area contributed by atoms with Gasteiger partial charge in [-0.15, -0.1) is 0 Å². The van der Waals surface area contributed by atoms with Crippen molar-refractivity contribution in [1.82, 2.24) is 0 Å². The topological polar surface area (TPSA) is 41.1 Å². The summed E-state index contributed by atoms with van der Waals surface area (Å²) in [5.41, 5.74) is 2.46. The summed E-state index contributed by atoms with van der Waals surface area (Å²) in [6.45, 7) is 0. The molecule has 2 aromatic carbocycles. The van der Waals surface area contributed by atoms with Gasteiger partial charge in [0.25, 0.3) is 5.91 Å². The van der Waals surface area contributed by atoms with Crippen LogP contribution in [-0.4, -0.2) is 5.91 Å². The Morgan fingerprint density at radius 3 is 2.55 bits per heavy atom. The highest BCUT2D eigenvalue weighted by Crippen LogP contribution is 2.37. The van der Waals surface area contributed by atoms with Crippen LogP contribution in [0.2, 0.25) is 5.02 Å². The van der Waals surface area contributed by atoms with Crippen LogP contribution in [0.3, 0.4) is 0 Å². The lowest BCUT2D eigenvalue weighted by Gasteiger charge is -2.14. The van der Waals surface area contributed by atoms with Gasteiger partial charge < -0.3 is 10.6 Å². The molecule has 1 aliphatic rings. The molecule has 0 saturated carbocycles. The molecule has 3 nitrogen and oxygen atoms in total. The van der Waals surface area contributed by atoms with Crippen LogP contribution in [0.4, 0.5) is 11.4 Å². The van der Waals surface area contributed by atoms with Crippen molar-refractivity contribution in [2.75, 3.05) is 10.6 Å². The summed E-state index contributed by atoms with van der Waals surface area (Å²) in [5, 5.41) is 6.60. The fourth-order valence-corrected chi connectivity index (χ4v) is 3.23. The summed E-state index contributed by atoms with van der Waals surface area (Å²) < 4.78 is 1.83. The predicted molar refractivity (Wildman–Crippen MR) is 88.3 cm³/mol. The summed E-state index contributed by atoms with van der Waals surface area (Å²) in [7, 11) is 0. The first kappa shape index (κ1) is 13.9. The maximum atomic E-state index is 12.1. The average molecular weight is 416 g/mol. The second-order valence-electron chi connectivity index (χ2n) is 4.42. The lowest BCUT2D eigenvalue weighted by Crippen LogP contribution is -2.19. The molecule has 3 rings (SSSR count). The van der Waals surface area contributed by atoms with Crippen LogP contribution in [0.25, 0.3) is 0 Å². The summed E-state index contributed by atoms with van der Waals surface area (Å²) >= 11 is 12.9. The van der Waals surface area contributed by atoms with Gasteiger partial charge in [0, 0.05) is 20.2 Å². The number of fused-ring (bicyclic) bond motifs is 1. The van der Waals surface area contributed by atoms with E-state index in [0.29, 0.717) is 5.02 Å². The predicted octanol–water partition coefficient (Wildman–Crippen LogP) is 4.97. The monoisotopic (exact) mass is 414 g/mol. The molecule has 1 atom stereocenters. The maximum absolute atomic E-state index is 12.1. The van der Waals surface area contributed by atoms with Gasteiger partial charge in [0.05, 0.1) is 10.7 Å². The summed E-state index contributed by atoms with van der Waals surface area (Å²) in [4.78, 5) is 12.1. The third-order valence-corrected chi connectivity index (χ3v) is 4.38. The Morgan fingerprint density at radius 2 is 1.80 bits per heavy atom. The van der Waals surface area contributed by atoms with Gasteiger partial charge in [0.15, 0.2) is 0 Å².